The zero-order chi connectivity index (χ0) is 14.1. The minimum atomic E-state index is 0.157. The molecule has 0 aromatic heterocycles. The van der Waals surface area contributed by atoms with Crippen LogP contribution in [-0.2, 0) is 5.41 Å². The fraction of sp³-hybridized carbons (Fsp3) is 0.143. The molecular formula is C21H18. The summed E-state index contributed by atoms with van der Waals surface area (Å²) >= 11 is 0. The molecule has 102 valence electrons. The highest BCUT2D eigenvalue weighted by molar-refractivity contribution is 5.53. The lowest BCUT2D eigenvalue weighted by atomic mass is 9.84. The Morgan fingerprint density at radius 3 is 1.48 bits per heavy atom. The Hall–Kier alpha value is -2.34. The SMILES string of the molecule is c1ccc([C@@H]2CC2(c2ccccc2)c2ccccc2)cc1. The number of hydrogen-bond donors (Lipinski definition) is 0. The molecule has 1 fully saturated rings. The van der Waals surface area contributed by atoms with Gasteiger partial charge in [0, 0.05) is 5.41 Å². The van der Waals surface area contributed by atoms with Crippen molar-refractivity contribution in [1.29, 1.82) is 0 Å². The molecule has 0 N–H and O–H groups in total. The second kappa shape index (κ2) is 4.89. The molecular weight excluding hydrogens is 252 g/mol. The van der Waals surface area contributed by atoms with Crippen molar-refractivity contribution in [2.24, 2.45) is 0 Å². The van der Waals surface area contributed by atoms with E-state index in [1.165, 1.54) is 23.1 Å². The van der Waals surface area contributed by atoms with Gasteiger partial charge >= 0.3 is 0 Å². The van der Waals surface area contributed by atoms with E-state index < -0.39 is 0 Å². The largest absolute Gasteiger partial charge is 0.0622 e. The zero-order valence-corrected chi connectivity index (χ0v) is 11.9. The van der Waals surface area contributed by atoms with Gasteiger partial charge in [-0.15, -0.1) is 0 Å². The van der Waals surface area contributed by atoms with Crippen LogP contribution < -0.4 is 0 Å². The van der Waals surface area contributed by atoms with Gasteiger partial charge in [-0.2, -0.15) is 0 Å². The van der Waals surface area contributed by atoms with Crippen molar-refractivity contribution >= 4 is 0 Å². The van der Waals surface area contributed by atoms with E-state index in [0.29, 0.717) is 5.92 Å². The minimum absolute atomic E-state index is 0.157. The minimum Gasteiger partial charge on any atom is -0.0622 e. The molecule has 0 saturated heterocycles. The second-order valence-electron chi connectivity index (χ2n) is 5.87. The second-order valence-corrected chi connectivity index (χ2v) is 5.87. The maximum Gasteiger partial charge on any atom is 0.0278 e. The van der Waals surface area contributed by atoms with Crippen molar-refractivity contribution in [2.45, 2.75) is 17.8 Å². The predicted octanol–water partition coefficient (Wildman–Crippen LogP) is 5.16. The standard InChI is InChI=1S/C21H18/c1-4-10-17(11-5-1)20-16-21(20,18-12-6-2-7-13-18)19-14-8-3-9-15-19/h1-15,20H,16H2/t20-/m0/s1. The molecule has 1 saturated carbocycles. The average molecular weight is 270 g/mol. The monoisotopic (exact) mass is 270 g/mol. The highest BCUT2D eigenvalue weighted by Gasteiger charge is 2.56. The summed E-state index contributed by atoms with van der Waals surface area (Å²) in [4.78, 5) is 0. The summed E-state index contributed by atoms with van der Waals surface area (Å²) in [6.07, 6.45) is 1.20. The first-order valence-corrected chi connectivity index (χ1v) is 7.57. The van der Waals surface area contributed by atoms with Crippen LogP contribution in [0.3, 0.4) is 0 Å². The van der Waals surface area contributed by atoms with E-state index in [9.17, 15) is 0 Å². The van der Waals surface area contributed by atoms with Crippen LogP contribution in [0.1, 0.15) is 29.0 Å². The fourth-order valence-electron chi connectivity index (χ4n) is 3.63. The first-order valence-electron chi connectivity index (χ1n) is 7.57. The Kier molecular flexibility index (Phi) is 2.89. The summed E-state index contributed by atoms with van der Waals surface area (Å²) < 4.78 is 0. The smallest absolute Gasteiger partial charge is 0.0278 e. The topological polar surface area (TPSA) is 0 Å². The van der Waals surface area contributed by atoms with Crippen molar-refractivity contribution in [2.75, 3.05) is 0 Å². The van der Waals surface area contributed by atoms with Crippen LogP contribution in [0.5, 0.6) is 0 Å². The summed E-state index contributed by atoms with van der Waals surface area (Å²) in [7, 11) is 0. The lowest BCUT2D eigenvalue weighted by Gasteiger charge is -2.19. The number of rotatable bonds is 3. The third-order valence-corrected chi connectivity index (χ3v) is 4.74. The quantitative estimate of drug-likeness (QED) is 0.616. The molecule has 0 heterocycles. The Bertz CT molecular complexity index is 674. The lowest BCUT2D eigenvalue weighted by molar-refractivity contribution is 0.803. The van der Waals surface area contributed by atoms with Crippen molar-refractivity contribution < 1.29 is 0 Å². The number of hydrogen-bond acceptors (Lipinski definition) is 0. The molecule has 1 aliphatic rings. The Morgan fingerprint density at radius 1 is 0.571 bits per heavy atom. The van der Waals surface area contributed by atoms with Crippen molar-refractivity contribution in [3.05, 3.63) is 108 Å². The molecule has 0 radical (unpaired) electrons. The molecule has 21 heavy (non-hydrogen) atoms. The zero-order valence-electron chi connectivity index (χ0n) is 11.9. The van der Waals surface area contributed by atoms with Crippen LogP contribution in [0.2, 0.25) is 0 Å². The highest BCUT2D eigenvalue weighted by atomic mass is 14.6. The van der Waals surface area contributed by atoms with E-state index >= 15 is 0 Å². The van der Waals surface area contributed by atoms with Gasteiger partial charge in [-0.25, -0.2) is 0 Å². The van der Waals surface area contributed by atoms with Crippen LogP contribution in [0.25, 0.3) is 0 Å². The molecule has 4 rings (SSSR count). The van der Waals surface area contributed by atoms with Gasteiger partial charge in [0.2, 0.25) is 0 Å². The molecule has 0 amide bonds. The van der Waals surface area contributed by atoms with Crippen molar-refractivity contribution in [3.63, 3.8) is 0 Å². The van der Waals surface area contributed by atoms with Gasteiger partial charge in [-0.3, -0.25) is 0 Å². The molecule has 0 unspecified atom stereocenters. The first kappa shape index (κ1) is 12.4. The van der Waals surface area contributed by atoms with Gasteiger partial charge in [0.15, 0.2) is 0 Å². The van der Waals surface area contributed by atoms with Crippen molar-refractivity contribution in [1.82, 2.24) is 0 Å². The van der Waals surface area contributed by atoms with Crippen LogP contribution in [0.4, 0.5) is 0 Å². The molecule has 0 aliphatic heterocycles. The third-order valence-electron chi connectivity index (χ3n) is 4.74. The van der Waals surface area contributed by atoms with Gasteiger partial charge in [-0.05, 0) is 29.0 Å². The third kappa shape index (κ3) is 1.99. The molecule has 3 aromatic rings. The fourth-order valence-corrected chi connectivity index (χ4v) is 3.63. The van der Waals surface area contributed by atoms with Gasteiger partial charge in [0.1, 0.15) is 0 Å². The van der Waals surface area contributed by atoms with Gasteiger partial charge in [-0.1, -0.05) is 91.0 Å². The van der Waals surface area contributed by atoms with Crippen LogP contribution in [0.15, 0.2) is 91.0 Å². The van der Waals surface area contributed by atoms with E-state index in [1.54, 1.807) is 0 Å². The summed E-state index contributed by atoms with van der Waals surface area (Å²) in [5.74, 6) is 0.587. The van der Waals surface area contributed by atoms with E-state index in [2.05, 4.69) is 91.0 Å². The molecule has 3 aromatic carbocycles. The summed E-state index contributed by atoms with van der Waals surface area (Å²) in [6.45, 7) is 0. The van der Waals surface area contributed by atoms with E-state index in [1.807, 2.05) is 0 Å². The van der Waals surface area contributed by atoms with Crippen LogP contribution in [-0.4, -0.2) is 0 Å². The van der Waals surface area contributed by atoms with Crippen molar-refractivity contribution in [3.8, 4) is 0 Å². The first-order chi connectivity index (χ1) is 10.4. The molecule has 0 heteroatoms. The summed E-state index contributed by atoms with van der Waals surface area (Å²) in [5.41, 5.74) is 4.48. The maximum absolute atomic E-state index is 2.27. The van der Waals surface area contributed by atoms with Gasteiger partial charge < -0.3 is 0 Å². The molecule has 0 spiro atoms. The maximum atomic E-state index is 2.27. The summed E-state index contributed by atoms with van der Waals surface area (Å²) in [5, 5.41) is 0. The summed E-state index contributed by atoms with van der Waals surface area (Å²) in [6, 6.07) is 32.8. The van der Waals surface area contributed by atoms with Gasteiger partial charge in [0.25, 0.3) is 0 Å². The van der Waals surface area contributed by atoms with E-state index in [4.69, 9.17) is 0 Å². The average Bonchev–Trinajstić information content (AvgIpc) is 3.34. The van der Waals surface area contributed by atoms with Gasteiger partial charge in [0.05, 0.1) is 0 Å². The molecule has 1 atom stereocenters. The van der Waals surface area contributed by atoms with E-state index in [0.717, 1.165) is 0 Å². The predicted molar refractivity (Wildman–Crippen MR) is 87.5 cm³/mol. The van der Waals surface area contributed by atoms with E-state index in [-0.39, 0.29) is 5.41 Å². The molecule has 0 nitrogen and oxygen atoms in total. The molecule has 1 aliphatic carbocycles. The Labute approximate surface area is 126 Å². The highest BCUT2D eigenvalue weighted by Crippen LogP contribution is 2.64. The number of benzene rings is 3. The lowest BCUT2D eigenvalue weighted by Crippen LogP contribution is -2.11. The Balaban J connectivity index is 1.83. The Morgan fingerprint density at radius 2 is 1.00 bits per heavy atom. The normalized spacial score (nSPS) is 19.1. The van der Waals surface area contributed by atoms with Crippen LogP contribution >= 0.6 is 0 Å². The van der Waals surface area contributed by atoms with Crippen LogP contribution in [0, 0.1) is 0 Å². The molecule has 0 bridgehead atoms.